The van der Waals surface area contributed by atoms with Gasteiger partial charge in [0, 0.05) is 13.1 Å². The molecular weight excluding hydrogens is 360 g/mol. The summed E-state index contributed by atoms with van der Waals surface area (Å²) < 4.78 is 51.0. The van der Waals surface area contributed by atoms with Crippen molar-refractivity contribution in [2.75, 3.05) is 31.9 Å². The molecule has 1 atom stereocenters. The third kappa shape index (κ3) is 5.77. The number of hydrogen-bond acceptors (Lipinski definition) is 5. The Balaban J connectivity index is 1.94. The highest BCUT2D eigenvalue weighted by atomic mass is 32.2. The number of benzene rings is 1. The molecule has 0 bridgehead atoms. The van der Waals surface area contributed by atoms with Crippen LogP contribution in [0.4, 0.5) is 0 Å². The first-order valence-electron chi connectivity index (χ1n) is 8.79. The molecule has 1 fully saturated rings. The fraction of sp³-hybridized carbons (Fsp3) is 0.647. The average molecular weight is 389 g/mol. The molecule has 2 rings (SSSR count). The predicted octanol–water partition coefficient (Wildman–Crippen LogP) is 1.88. The minimum atomic E-state index is -3.63. The number of nitrogens with one attached hydrogen (secondary N) is 1. The number of rotatable bonds is 8. The van der Waals surface area contributed by atoms with Gasteiger partial charge in [0.1, 0.15) is 0 Å². The molecule has 25 heavy (non-hydrogen) atoms. The molecule has 0 amide bonds. The minimum absolute atomic E-state index is 0.00857. The van der Waals surface area contributed by atoms with Gasteiger partial charge in [-0.25, -0.2) is 21.6 Å². The third-order valence-electron chi connectivity index (χ3n) is 4.51. The maximum absolute atomic E-state index is 12.4. The average Bonchev–Trinajstić information content (AvgIpc) is 2.61. The van der Waals surface area contributed by atoms with Crippen LogP contribution < -0.4 is 4.72 Å². The van der Waals surface area contributed by atoms with E-state index in [1.165, 1.54) is 43.5 Å². The molecule has 6 nitrogen and oxygen atoms in total. The van der Waals surface area contributed by atoms with Crippen molar-refractivity contribution in [1.29, 1.82) is 0 Å². The Hall–Kier alpha value is -0.960. The van der Waals surface area contributed by atoms with E-state index in [0.29, 0.717) is 6.54 Å². The smallest absolute Gasteiger partial charge is 0.240 e. The van der Waals surface area contributed by atoms with Crippen molar-refractivity contribution in [2.45, 2.75) is 42.9 Å². The maximum atomic E-state index is 12.4. The molecule has 0 spiro atoms. The van der Waals surface area contributed by atoms with Gasteiger partial charge < -0.3 is 4.90 Å². The highest BCUT2D eigenvalue weighted by Gasteiger charge is 2.19. The lowest BCUT2D eigenvalue weighted by molar-refractivity contribution is 0.201. The van der Waals surface area contributed by atoms with Crippen molar-refractivity contribution in [3.8, 4) is 0 Å². The van der Waals surface area contributed by atoms with Gasteiger partial charge in [0.15, 0.2) is 9.84 Å². The summed E-state index contributed by atoms with van der Waals surface area (Å²) in [6, 6.07) is 5.40. The van der Waals surface area contributed by atoms with E-state index < -0.39 is 19.9 Å². The molecule has 1 aliphatic rings. The number of nitrogens with zero attached hydrogens (tertiary/aromatic N) is 1. The van der Waals surface area contributed by atoms with Gasteiger partial charge in [0.25, 0.3) is 0 Å². The molecule has 0 aromatic heterocycles. The Morgan fingerprint density at radius 3 is 2.12 bits per heavy atom. The van der Waals surface area contributed by atoms with Gasteiger partial charge in [-0.1, -0.05) is 20.3 Å². The second-order valence-corrected chi connectivity index (χ2v) is 10.7. The quantitative estimate of drug-likeness (QED) is 0.735. The number of likely N-dealkylation sites (tertiary alicyclic amines) is 1. The number of sulfonamides is 1. The topological polar surface area (TPSA) is 83.5 Å². The van der Waals surface area contributed by atoms with E-state index in [-0.39, 0.29) is 21.5 Å². The van der Waals surface area contributed by atoms with Crippen molar-refractivity contribution in [3.05, 3.63) is 24.3 Å². The fourth-order valence-electron chi connectivity index (χ4n) is 2.98. The molecule has 1 aliphatic heterocycles. The van der Waals surface area contributed by atoms with Crippen LogP contribution in [-0.2, 0) is 19.9 Å². The molecule has 1 saturated heterocycles. The van der Waals surface area contributed by atoms with Crippen molar-refractivity contribution < 1.29 is 16.8 Å². The largest absolute Gasteiger partial charge is 0.303 e. The van der Waals surface area contributed by atoms with Gasteiger partial charge in [-0.15, -0.1) is 0 Å². The van der Waals surface area contributed by atoms with Crippen LogP contribution in [0.25, 0.3) is 0 Å². The summed E-state index contributed by atoms with van der Waals surface area (Å²) in [5.74, 6) is 0.207. The Labute approximate surface area is 151 Å². The lowest BCUT2D eigenvalue weighted by atomic mass is 10.1. The van der Waals surface area contributed by atoms with Crippen LogP contribution >= 0.6 is 0 Å². The third-order valence-corrected chi connectivity index (χ3v) is 7.70. The summed E-state index contributed by atoms with van der Waals surface area (Å²) in [4.78, 5) is 2.62. The summed E-state index contributed by atoms with van der Waals surface area (Å²) in [6.07, 6.45) is 3.71. The molecule has 0 unspecified atom stereocenters. The zero-order chi connectivity index (χ0) is 18.5. The number of piperidine rings is 1. The van der Waals surface area contributed by atoms with Gasteiger partial charge in [0.2, 0.25) is 10.0 Å². The Bertz CT molecular complexity index is 752. The Morgan fingerprint density at radius 1 is 1.00 bits per heavy atom. The molecular formula is C17H28N2O4S2. The second kappa shape index (κ2) is 8.62. The van der Waals surface area contributed by atoms with Gasteiger partial charge in [-0.05, 0) is 56.1 Å². The molecule has 1 aromatic rings. The highest BCUT2D eigenvalue weighted by molar-refractivity contribution is 7.91. The minimum Gasteiger partial charge on any atom is -0.303 e. The van der Waals surface area contributed by atoms with E-state index >= 15 is 0 Å². The number of sulfone groups is 1. The van der Waals surface area contributed by atoms with Gasteiger partial charge in [0.05, 0.1) is 15.5 Å². The van der Waals surface area contributed by atoms with E-state index in [9.17, 15) is 16.8 Å². The summed E-state index contributed by atoms with van der Waals surface area (Å²) in [6.45, 7) is 7.03. The number of hydrogen-bond donors (Lipinski definition) is 1. The molecule has 8 heteroatoms. The van der Waals surface area contributed by atoms with Crippen molar-refractivity contribution >= 4 is 19.9 Å². The lowest BCUT2D eigenvalue weighted by Crippen LogP contribution is -2.38. The molecule has 142 valence electrons. The SMILES string of the molecule is CCS(=O)(=O)c1ccc(S(=O)(=O)NC[C@@H](C)CN2CCCCC2)cc1. The molecule has 1 N–H and O–H groups in total. The van der Waals surface area contributed by atoms with Crippen LogP contribution in [0.15, 0.2) is 34.1 Å². The first kappa shape index (κ1) is 20.4. The van der Waals surface area contributed by atoms with E-state index in [2.05, 4.69) is 9.62 Å². The summed E-state index contributed by atoms with van der Waals surface area (Å²) in [7, 11) is -6.95. The lowest BCUT2D eigenvalue weighted by Gasteiger charge is -2.29. The first-order chi connectivity index (χ1) is 11.7. The molecule has 0 aliphatic carbocycles. The van der Waals surface area contributed by atoms with E-state index in [4.69, 9.17) is 0 Å². The van der Waals surface area contributed by atoms with Gasteiger partial charge in [-0.3, -0.25) is 0 Å². The van der Waals surface area contributed by atoms with Crippen LogP contribution in [0.1, 0.15) is 33.1 Å². The Kier molecular flexibility index (Phi) is 7.01. The normalized spacial score (nSPS) is 18.2. The zero-order valence-corrected chi connectivity index (χ0v) is 16.6. The molecule has 1 heterocycles. The highest BCUT2D eigenvalue weighted by Crippen LogP contribution is 2.16. The first-order valence-corrected chi connectivity index (χ1v) is 11.9. The zero-order valence-electron chi connectivity index (χ0n) is 14.9. The van der Waals surface area contributed by atoms with Crippen molar-refractivity contribution in [1.82, 2.24) is 9.62 Å². The van der Waals surface area contributed by atoms with Crippen molar-refractivity contribution in [3.63, 3.8) is 0 Å². The second-order valence-electron chi connectivity index (χ2n) is 6.69. The fourth-order valence-corrected chi connectivity index (χ4v) is 5.02. The standard InChI is InChI=1S/C17H28N2O4S2/c1-3-24(20,21)16-7-9-17(10-8-16)25(22,23)18-13-15(2)14-19-11-5-4-6-12-19/h7-10,15,18H,3-6,11-14H2,1-2H3/t15-/m1/s1. The summed E-state index contributed by atoms with van der Waals surface area (Å²) in [5.41, 5.74) is 0. The predicted molar refractivity (Wildman–Crippen MR) is 98.8 cm³/mol. The van der Waals surface area contributed by atoms with Crippen LogP contribution in [0.2, 0.25) is 0 Å². The maximum Gasteiger partial charge on any atom is 0.240 e. The molecule has 0 radical (unpaired) electrons. The van der Waals surface area contributed by atoms with E-state index in [1.807, 2.05) is 6.92 Å². The van der Waals surface area contributed by atoms with E-state index in [0.717, 1.165) is 19.6 Å². The summed E-state index contributed by atoms with van der Waals surface area (Å²) in [5, 5.41) is 0. The van der Waals surface area contributed by atoms with Crippen molar-refractivity contribution in [2.24, 2.45) is 5.92 Å². The van der Waals surface area contributed by atoms with Gasteiger partial charge >= 0.3 is 0 Å². The van der Waals surface area contributed by atoms with Crippen LogP contribution in [0.3, 0.4) is 0 Å². The van der Waals surface area contributed by atoms with Crippen LogP contribution in [-0.4, -0.2) is 53.7 Å². The van der Waals surface area contributed by atoms with Crippen LogP contribution in [0.5, 0.6) is 0 Å². The summed E-state index contributed by atoms with van der Waals surface area (Å²) >= 11 is 0. The van der Waals surface area contributed by atoms with Crippen LogP contribution in [0, 0.1) is 5.92 Å². The van der Waals surface area contributed by atoms with Gasteiger partial charge in [-0.2, -0.15) is 0 Å². The van der Waals surface area contributed by atoms with E-state index in [1.54, 1.807) is 6.92 Å². The Morgan fingerprint density at radius 2 is 1.56 bits per heavy atom. The molecule has 1 aromatic carbocycles. The molecule has 0 saturated carbocycles. The monoisotopic (exact) mass is 388 g/mol.